The molecule has 26 heavy (non-hydrogen) atoms. The minimum atomic E-state index is -0.181. The van der Waals surface area contributed by atoms with Gasteiger partial charge < -0.3 is 19.2 Å². The Morgan fingerprint density at radius 2 is 2.04 bits per heavy atom. The molecule has 2 amide bonds. The lowest BCUT2D eigenvalue weighted by atomic mass is 9.92. The van der Waals surface area contributed by atoms with Crippen LogP contribution in [-0.4, -0.2) is 83.5 Å². The Morgan fingerprint density at radius 3 is 2.65 bits per heavy atom. The number of amides is 2. The molecule has 2 aliphatic rings. The van der Waals surface area contributed by atoms with E-state index in [2.05, 4.69) is 15.0 Å². The Kier molecular flexibility index (Phi) is 5.90. The highest BCUT2D eigenvalue weighted by Gasteiger charge is 2.37. The van der Waals surface area contributed by atoms with Gasteiger partial charge in [0.15, 0.2) is 5.82 Å². The van der Waals surface area contributed by atoms with Gasteiger partial charge in [0.05, 0.1) is 5.92 Å². The van der Waals surface area contributed by atoms with E-state index in [1.165, 1.54) is 0 Å². The SMILES string of the molecule is Cc1noc(CC2CCN(C(=O)C3CC(=O)N(CCN(C)C)C3)CC2)n1. The number of rotatable bonds is 6. The highest BCUT2D eigenvalue weighted by Crippen LogP contribution is 2.25. The van der Waals surface area contributed by atoms with E-state index >= 15 is 0 Å². The van der Waals surface area contributed by atoms with Crippen LogP contribution < -0.4 is 0 Å². The van der Waals surface area contributed by atoms with Crippen LogP contribution in [0.5, 0.6) is 0 Å². The minimum absolute atomic E-state index is 0.104. The number of aromatic nitrogens is 2. The molecule has 1 aromatic heterocycles. The molecule has 0 aromatic carbocycles. The average molecular weight is 363 g/mol. The first kappa shape index (κ1) is 18.8. The van der Waals surface area contributed by atoms with E-state index in [4.69, 9.17) is 4.52 Å². The summed E-state index contributed by atoms with van der Waals surface area (Å²) in [5, 5.41) is 3.83. The number of likely N-dealkylation sites (tertiary alicyclic amines) is 2. The van der Waals surface area contributed by atoms with E-state index in [1.54, 1.807) is 0 Å². The molecule has 1 atom stereocenters. The molecule has 2 aliphatic heterocycles. The molecule has 0 N–H and O–H groups in total. The maximum Gasteiger partial charge on any atom is 0.227 e. The molecule has 3 heterocycles. The van der Waals surface area contributed by atoms with Crippen LogP contribution in [-0.2, 0) is 16.0 Å². The van der Waals surface area contributed by atoms with Gasteiger partial charge in [-0.15, -0.1) is 0 Å². The Hall–Kier alpha value is -1.96. The van der Waals surface area contributed by atoms with Crippen LogP contribution in [0, 0.1) is 18.8 Å². The molecule has 8 nitrogen and oxygen atoms in total. The number of carbonyl (C=O) groups excluding carboxylic acids is 2. The lowest BCUT2D eigenvalue weighted by Gasteiger charge is -2.33. The van der Waals surface area contributed by atoms with Gasteiger partial charge in [0.2, 0.25) is 17.7 Å². The number of carbonyl (C=O) groups is 2. The molecule has 3 rings (SSSR count). The molecule has 0 saturated carbocycles. The van der Waals surface area contributed by atoms with Crippen molar-refractivity contribution in [1.29, 1.82) is 0 Å². The van der Waals surface area contributed by atoms with Crippen LogP contribution in [0.2, 0.25) is 0 Å². The van der Waals surface area contributed by atoms with E-state index in [9.17, 15) is 9.59 Å². The van der Waals surface area contributed by atoms with Gasteiger partial charge in [0, 0.05) is 45.6 Å². The summed E-state index contributed by atoms with van der Waals surface area (Å²) in [4.78, 5) is 35.0. The van der Waals surface area contributed by atoms with E-state index in [0.29, 0.717) is 37.1 Å². The van der Waals surface area contributed by atoms with E-state index in [-0.39, 0.29) is 17.7 Å². The first-order valence-electron chi connectivity index (χ1n) is 9.43. The second kappa shape index (κ2) is 8.16. The van der Waals surface area contributed by atoms with Gasteiger partial charge in [-0.3, -0.25) is 9.59 Å². The Morgan fingerprint density at radius 1 is 1.31 bits per heavy atom. The number of nitrogens with zero attached hydrogens (tertiary/aromatic N) is 5. The summed E-state index contributed by atoms with van der Waals surface area (Å²) in [6.07, 6.45) is 3.02. The van der Waals surface area contributed by atoms with Crippen molar-refractivity contribution in [3.8, 4) is 0 Å². The number of likely N-dealkylation sites (N-methyl/N-ethyl adjacent to an activating group) is 1. The maximum absolute atomic E-state index is 12.8. The van der Waals surface area contributed by atoms with Crippen molar-refractivity contribution in [1.82, 2.24) is 24.8 Å². The summed E-state index contributed by atoms with van der Waals surface area (Å²) in [5.74, 6) is 1.88. The first-order chi connectivity index (χ1) is 12.4. The molecule has 2 fully saturated rings. The predicted molar refractivity (Wildman–Crippen MR) is 95.3 cm³/mol. The van der Waals surface area contributed by atoms with Crippen LogP contribution in [0.1, 0.15) is 31.0 Å². The highest BCUT2D eigenvalue weighted by molar-refractivity contribution is 5.89. The number of aryl methyl sites for hydroxylation is 1. The molecule has 0 spiro atoms. The summed E-state index contributed by atoms with van der Waals surface area (Å²) >= 11 is 0. The molecule has 0 radical (unpaired) electrons. The van der Waals surface area contributed by atoms with Crippen molar-refractivity contribution >= 4 is 11.8 Å². The molecule has 0 aliphatic carbocycles. The van der Waals surface area contributed by atoms with Gasteiger partial charge in [-0.25, -0.2) is 0 Å². The minimum Gasteiger partial charge on any atom is -0.342 e. The first-order valence-corrected chi connectivity index (χ1v) is 9.43. The van der Waals surface area contributed by atoms with Gasteiger partial charge in [-0.05, 0) is 39.8 Å². The second-order valence-corrected chi connectivity index (χ2v) is 7.75. The molecule has 144 valence electrons. The summed E-state index contributed by atoms with van der Waals surface area (Å²) in [7, 11) is 3.98. The van der Waals surface area contributed by atoms with Crippen LogP contribution in [0.4, 0.5) is 0 Å². The smallest absolute Gasteiger partial charge is 0.227 e. The highest BCUT2D eigenvalue weighted by atomic mass is 16.5. The average Bonchev–Trinajstić information content (AvgIpc) is 3.18. The normalized spacial score (nSPS) is 21.8. The summed E-state index contributed by atoms with van der Waals surface area (Å²) < 4.78 is 5.20. The topological polar surface area (TPSA) is 82.8 Å². The Bertz CT molecular complexity index is 637. The van der Waals surface area contributed by atoms with E-state index in [0.717, 1.165) is 38.9 Å². The molecule has 8 heteroatoms. The van der Waals surface area contributed by atoms with Crippen LogP contribution in [0.3, 0.4) is 0 Å². The van der Waals surface area contributed by atoms with Gasteiger partial charge in [0.1, 0.15) is 0 Å². The van der Waals surface area contributed by atoms with E-state index in [1.807, 2.05) is 30.8 Å². The number of hydrogen-bond acceptors (Lipinski definition) is 6. The second-order valence-electron chi connectivity index (χ2n) is 7.75. The van der Waals surface area contributed by atoms with Crippen molar-refractivity contribution in [2.24, 2.45) is 11.8 Å². The van der Waals surface area contributed by atoms with Gasteiger partial charge in [-0.1, -0.05) is 5.16 Å². The number of piperidine rings is 1. The van der Waals surface area contributed by atoms with Crippen LogP contribution >= 0.6 is 0 Å². The molecular formula is C18H29N5O3. The standard InChI is InChI=1S/C18H29N5O3/c1-13-19-16(26-20-13)10-14-4-6-22(7-5-14)18(25)15-11-17(24)23(12-15)9-8-21(2)3/h14-15H,4-12H2,1-3H3. The Balaban J connectivity index is 1.45. The fourth-order valence-corrected chi connectivity index (χ4v) is 3.76. The quantitative estimate of drug-likeness (QED) is 0.735. The maximum atomic E-state index is 12.8. The molecule has 1 aromatic rings. The van der Waals surface area contributed by atoms with Crippen molar-refractivity contribution in [3.63, 3.8) is 0 Å². The zero-order chi connectivity index (χ0) is 18.7. The zero-order valence-corrected chi connectivity index (χ0v) is 16.0. The Labute approximate surface area is 154 Å². The van der Waals surface area contributed by atoms with Gasteiger partial charge in [0.25, 0.3) is 0 Å². The summed E-state index contributed by atoms with van der Waals surface area (Å²) in [5.41, 5.74) is 0. The van der Waals surface area contributed by atoms with Crippen molar-refractivity contribution in [3.05, 3.63) is 11.7 Å². The van der Waals surface area contributed by atoms with Crippen molar-refractivity contribution < 1.29 is 14.1 Å². The molecule has 2 saturated heterocycles. The number of hydrogen-bond donors (Lipinski definition) is 0. The summed E-state index contributed by atoms with van der Waals surface area (Å²) in [6.45, 7) is 5.40. The monoisotopic (exact) mass is 363 g/mol. The summed E-state index contributed by atoms with van der Waals surface area (Å²) in [6, 6.07) is 0. The lowest BCUT2D eigenvalue weighted by molar-refractivity contribution is -0.137. The lowest BCUT2D eigenvalue weighted by Crippen LogP contribution is -2.43. The van der Waals surface area contributed by atoms with Gasteiger partial charge in [-0.2, -0.15) is 4.98 Å². The third-order valence-corrected chi connectivity index (χ3v) is 5.34. The third-order valence-electron chi connectivity index (χ3n) is 5.34. The largest absolute Gasteiger partial charge is 0.342 e. The molecule has 1 unspecified atom stereocenters. The van der Waals surface area contributed by atoms with Crippen LogP contribution in [0.15, 0.2) is 4.52 Å². The molecular weight excluding hydrogens is 334 g/mol. The third kappa shape index (κ3) is 4.60. The van der Waals surface area contributed by atoms with Crippen LogP contribution in [0.25, 0.3) is 0 Å². The van der Waals surface area contributed by atoms with Gasteiger partial charge >= 0.3 is 0 Å². The van der Waals surface area contributed by atoms with Crippen molar-refractivity contribution in [2.45, 2.75) is 32.6 Å². The zero-order valence-electron chi connectivity index (χ0n) is 16.0. The molecule has 0 bridgehead atoms. The predicted octanol–water partition coefficient (Wildman–Crippen LogP) is 0.569. The van der Waals surface area contributed by atoms with Crippen molar-refractivity contribution in [2.75, 3.05) is 46.8 Å². The fourth-order valence-electron chi connectivity index (χ4n) is 3.76. The van der Waals surface area contributed by atoms with E-state index < -0.39 is 0 Å². The fraction of sp³-hybridized carbons (Fsp3) is 0.778.